The molecule has 1 aromatic carbocycles. The Morgan fingerprint density at radius 1 is 1.40 bits per heavy atom. The quantitative estimate of drug-likeness (QED) is 0.901. The Morgan fingerprint density at radius 2 is 2.25 bits per heavy atom. The number of ether oxygens (including phenoxy) is 1. The van der Waals surface area contributed by atoms with Crippen LogP contribution in [0.15, 0.2) is 18.2 Å². The zero-order valence-electron chi connectivity index (χ0n) is 12.7. The third-order valence-electron chi connectivity index (χ3n) is 4.85. The summed E-state index contributed by atoms with van der Waals surface area (Å²) in [6.07, 6.45) is 6.35. The molecule has 110 valence electrons. The molecule has 2 unspecified atom stereocenters. The molecular weight excluding hydrogens is 248 g/mol. The van der Waals surface area contributed by atoms with Crippen molar-refractivity contribution >= 4 is 0 Å². The second-order valence-electron chi connectivity index (χ2n) is 7.02. The molecule has 1 aliphatic heterocycles. The van der Waals surface area contributed by atoms with Gasteiger partial charge < -0.3 is 9.84 Å². The summed E-state index contributed by atoms with van der Waals surface area (Å²) in [6, 6.07) is 6.28. The molecule has 2 aliphatic rings. The van der Waals surface area contributed by atoms with Crippen LogP contribution in [0.4, 0.5) is 0 Å². The molecule has 0 bridgehead atoms. The fourth-order valence-corrected chi connectivity index (χ4v) is 4.06. The third kappa shape index (κ3) is 2.58. The number of aliphatic hydroxyl groups is 1. The summed E-state index contributed by atoms with van der Waals surface area (Å²) in [6.45, 7) is 5.31. The fraction of sp³-hybridized carbons (Fsp3) is 0.667. The first-order valence-corrected chi connectivity index (χ1v) is 8.06. The van der Waals surface area contributed by atoms with E-state index in [4.69, 9.17) is 4.74 Å². The first kappa shape index (κ1) is 13.9. The Balaban J connectivity index is 1.86. The number of hydrogen-bond acceptors (Lipinski definition) is 2. The lowest BCUT2D eigenvalue weighted by Crippen LogP contribution is -2.33. The highest BCUT2D eigenvalue weighted by Crippen LogP contribution is 2.46. The number of hydrogen-bond donors (Lipinski definition) is 1. The standard InChI is InChI=1S/C18H26O2/c1-13(2)11-14-5-4-9-18(19,12-14)16-7-3-6-15-8-10-20-17(15)16/h3,6-7,13-14,19H,4-5,8-12H2,1-2H3. The summed E-state index contributed by atoms with van der Waals surface area (Å²) in [5.41, 5.74) is 1.64. The molecule has 1 saturated carbocycles. The molecule has 3 rings (SSSR count). The highest BCUT2D eigenvalue weighted by Gasteiger charge is 2.39. The average Bonchev–Trinajstić information content (AvgIpc) is 2.85. The predicted molar refractivity (Wildman–Crippen MR) is 81.0 cm³/mol. The summed E-state index contributed by atoms with van der Waals surface area (Å²) in [7, 11) is 0. The van der Waals surface area contributed by atoms with E-state index in [1.54, 1.807) is 0 Å². The molecule has 0 aromatic heterocycles. The molecule has 2 atom stereocenters. The van der Waals surface area contributed by atoms with Crippen LogP contribution >= 0.6 is 0 Å². The van der Waals surface area contributed by atoms with Crippen LogP contribution in [0, 0.1) is 11.8 Å². The molecule has 2 nitrogen and oxygen atoms in total. The van der Waals surface area contributed by atoms with Crippen LogP contribution in [0.2, 0.25) is 0 Å². The highest BCUT2D eigenvalue weighted by molar-refractivity contribution is 5.47. The molecule has 1 heterocycles. The molecule has 1 aliphatic carbocycles. The maximum absolute atomic E-state index is 11.2. The minimum absolute atomic E-state index is 0.644. The third-order valence-corrected chi connectivity index (χ3v) is 4.85. The van der Waals surface area contributed by atoms with Crippen LogP contribution in [-0.2, 0) is 12.0 Å². The van der Waals surface area contributed by atoms with Crippen molar-refractivity contribution in [1.29, 1.82) is 0 Å². The van der Waals surface area contributed by atoms with Gasteiger partial charge in [0.15, 0.2) is 0 Å². The van der Waals surface area contributed by atoms with Gasteiger partial charge in [0, 0.05) is 12.0 Å². The van der Waals surface area contributed by atoms with Gasteiger partial charge in [0.05, 0.1) is 12.2 Å². The predicted octanol–water partition coefficient (Wildman–Crippen LogP) is 4.05. The van der Waals surface area contributed by atoms with Gasteiger partial charge in [-0.1, -0.05) is 38.5 Å². The van der Waals surface area contributed by atoms with E-state index in [2.05, 4.69) is 32.0 Å². The maximum atomic E-state index is 11.2. The molecule has 1 N–H and O–H groups in total. The molecule has 0 spiro atoms. The van der Waals surface area contributed by atoms with Crippen LogP contribution in [0.3, 0.4) is 0 Å². The minimum Gasteiger partial charge on any atom is -0.493 e. The highest BCUT2D eigenvalue weighted by atomic mass is 16.5. The van der Waals surface area contributed by atoms with Gasteiger partial charge >= 0.3 is 0 Å². The van der Waals surface area contributed by atoms with E-state index in [9.17, 15) is 5.11 Å². The van der Waals surface area contributed by atoms with Gasteiger partial charge in [-0.25, -0.2) is 0 Å². The van der Waals surface area contributed by atoms with Crippen LogP contribution in [0.5, 0.6) is 5.75 Å². The largest absolute Gasteiger partial charge is 0.493 e. The van der Waals surface area contributed by atoms with Crippen molar-refractivity contribution < 1.29 is 9.84 Å². The van der Waals surface area contributed by atoms with Crippen molar-refractivity contribution in [2.75, 3.05) is 6.61 Å². The van der Waals surface area contributed by atoms with E-state index in [1.807, 2.05) is 0 Å². The van der Waals surface area contributed by atoms with Crippen molar-refractivity contribution in [3.8, 4) is 5.75 Å². The van der Waals surface area contributed by atoms with Crippen molar-refractivity contribution in [2.24, 2.45) is 11.8 Å². The lowest BCUT2D eigenvalue weighted by atomic mass is 9.72. The number of para-hydroxylation sites is 1. The zero-order chi connectivity index (χ0) is 14.2. The van der Waals surface area contributed by atoms with Crippen molar-refractivity contribution in [2.45, 2.75) is 58.0 Å². The second-order valence-corrected chi connectivity index (χ2v) is 7.02. The van der Waals surface area contributed by atoms with Gasteiger partial charge in [0.1, 0.15) is 5.75 Å². The Hall–Kier alpha value is -1.02. The number of rotatable bonds is 3. The Labute approximate surface area is 122 Å². The average molecular weight is 274 g/mol. The molecule has 2 heteroatoms. The van der Waals surface area contributed by atoms with E-state index in [0.717, 1.165) is 43.6 Å². The van der Waals surface area contributed by atoms with Gasteiger partial charge in [-0.05, 0) is 43.1 Å². The van der Waals surface area contributed by atoms with E-state index in [0.29, 0.717) is 11.8 Å². The molecule has 1 fully saturated rings. The molecular formula is C18H26O2. The van der Waals surface area contributed by atoms with Gasteiger partial charge in [0.25, 0.3) is 0 Å². The first-order valence-electron chi connectivity index (χ1n) is 8.06. The summed E-state index contributed by atoms with van der Waals surface area (Å²) in [5.74, 6) is 2.33. The smallest absolute Gasteiger partial charge is 0.128 e. The summed E-state index contributed by atoms with van der Waals surface area (Å²) >= 11 is 0. The van der Waals surface area contributed by atoms with E-state index in [-0.39, 0.29) is 0 Å². The van der Waals surface area contributed by atoms with Crippen molar-refractivity contribution in [3.63, 3.8) is 0 Å². The van der Waals surface area contributed by atoms with E-state index < -0.39 is 5.60 Å². The summed E-state index contributed by atoms with van der Waals surface area (Å²) in [5, 5.41) is 11.2. The monoisotopic (exact) mass is 274 g/mol. The van der Waals surface area contributed by atoms with Crippen molar-refractivity contribution in [3.05, 3.63) is 29.3 Å². The van der Waals surface area contributed by atoms with E-state index in [1.165, 1.54) is 18.4 Å². The van der Waals surface area contributed by atoms with E-state index >= 15 is 0 Å². The van der Waals surface area contributed by atoms with Gasteiger partial charge in [-0.3, -0.25) is 0 Å². The zero-order valence-corrected chi connectivity index (χ0v) is 12.7. The first-order chi connectivity index (χ1) is 9.58. The van der Waals surface area contributed by atoms with Crippen LogP contribution < -0.4 is 4.74 Å². The summed E-state index contributed by atoms with van der Waals surface area (Å²) < 4.78 is 5.80. The lowest BCUT2D eigenvalue weighted by Gasteiger charge is -2.38. The molecule has 0 radical (unpaired) electrons. The number of fused-ring (bicyclic) bond motifs is 1. The normalized spacial score (nSPS) is 29.3. The Kier molecular flexibility index (Phi) is 3.76. The Bertz CT molecular complexity index is 480. The van der Waals surface area contributed by atoms with Crippen LogP contribution in [0.25, 0.3) is 0 Å². The molecule has 20 heavy (non-hydrogen) atoms. The summed E-state index contributed by atoms with van der Waals surface area (Å²) in [4.78, 5) is 0. The van der Waals surface area contributed by atoms with Crippen molar-refractivity contribution in [1.82, 2.24) is 0 Å². The molecule has 0 saturated heterocycles. The van der Waals surface area contributed by atoms with Crippen LogP contribution in [0.1, 0.15) is 57.1 Å². The number of benzene rings is 1. The lowest BCUT2D eigenvalue weighted by molar-refractivity contribution is -0.0261. The van der Waals surface area contributed by atoms with Gasteiger partial charge in [-0.15, -0.1) is 0 Å². The van der Waals surface area contributed by atoms with Gasteiger partial charge in [0.2, 0.25) is 0 Å². The van der Waals surface area contributed by atoms with Gasteiger partial charge in [-0.2, -0.15) is 0 Å². The topological polar surface area (TPSA) is 29.5 Å². The Morgan fingerprint density at radius 3 is 3.05 bits per heavy atom. The second kappa shape index (κ2) is 5.40. The molecule has 1 aromatic rings. The maximum Gasteiger partial charge on any atom is 0.128 e. The minimum atomic E-state index is -0.673. The molecule has 0 amide bonds. The van der Waals surface area contributed by atoms with Crippen LogP contribution in [-0.4, -0.2) is 11.7 Å². The SMILES string of the molecule is CC(C)CC1CCCC(O)(c2cccc3c2OCC3)C1. The fourth-order valence-electron chi connectivity index (χ4n) is 4.06.